The molecule has 0 bridgehead atoms. The molecule has 0 fully saturated rings. The van der Waals surface area contributed by atoms with E-state index in [9.17, 15) is 9.59 Å². The van der Waals surface area contributed by atoms with Gasteiger partial charge in [0.2, 0.25) is 5.91 Å². The van der Waals surface area contributed by atoms with Crippen LogP contribution in [0.2, 0.25) is 0 Å². The fraction of sp³-hybridized carbons (Fsp3) is 0.375. The van der Waals surface area contributed by atoms with Crippen molar-refractivity contribution in [3.63, 3.8) is 0 Å². The Hall–Kier alpha value is -1.66. The van der Waals surface area contributed by atoms with Gasteiger partial charge in [0.15, 0.2) is 0 Å². The van der Waals surface area contributed by atoms with E-state index < -0.39 is 0 Å². The summed E-state index contributed by atoms with van der Waals surface area (Å²) in [7, 11) is 0. The Morgan fingerprint density at radius 3 is 2.91 bits per heavy atom. The molecule has 0 saturated heterocycles. The lowest BCUT2D eigenvalue weighted by atomic mass is 9.97. The summed E-state index contributed by atoms with van der Waals surface area (Å²) in [5, 5.41) is 5.56. The first-order chi connectivity index (χ1) is 10.6. The van der Waals surface area contributed by atoms with Crippen LogP contribution in [0, 0.1) is 0 Å². The number of carbonyl (C=O) groups excluding carboxylic acids is 2. The van der Waals surface area contributed by atoms with Crippen LogP contribution in [0.5, 0.6) is 0 Å². The summed E-state index contributed by atoms with van der Waals surface area (Å²) in [5.41, 5.74) is 1.30. The topological polar surface area (TPSA) is 49.4 Å². The second-order valence-corrected chi connectivity index (χ2v) is 7.40. The average Bonchev–Trinajstić information content (AvgIpc) is 3.13. The number of amides is 2. The highest BCUT2D eigenvalue weighted by atomic mass is 32.1. The average molecular weight is 334 g/mol. The van der Waals surface area contributed by atoms with Crippen molar-refractivity contribution in [1.29, 1.82) is 0 Å². The summed E-state index contributed by atoms with van der Waals surface area (Å²) in [6.07, 6.45) is 1.85. The lowest BCUT2D eigenvalue weighted by molar-refractivity contribution is -0.114. The van der Waals surface area contributed by atoms with Crippen molar-refractivity contribution in [2.24, 2.45) is 0 Å². The Labute approximate surface area is 137 Å². The van der Waals surface area contributed by atoms with E-state index in [1.54, 1.807) is 23.5 Å². The molecule has 22 heavy (non-hydrogen) atoms. The highest BCUT2D eigenvalue weighted by Gasteiger charge is 2.31. The van der Waals surface area contributed by atoms with Gasteiger partial charge in [-0.3, -0.25) is 9.59 Å². The molecule has 4 nitrogen and oxygen atoms in total. The number of nitrogens with one attached hydrogen (secondary N) is 1. The van der Waals surface area contributed by atoms with Gasteiger partial charge in [-0.2, -0.15) is 0 Å². The standard InChI is InChI=1S/C16H18N2O2S2/c1-3-12-11-7-9-21-13(11)6-8-18(12)16(20)14-4-5-15(22-14)17-10(2)19/h4-5,7,9,12H,3,6,8H2,1-2H3,(H,17,19)/t12-/m0/s1. The van der Waals surface area contributed by atoms with Crippen molar-refractivity contribution < 1.29 is 9.59 Å². The Kier molecular flexibility index (Phi) is 4.31. The third kappa shape index (κ3) is 2.80. The summed E-state index contributed by atoms with van der Waals surface area (Å²) >= 11 is 3.12. The summed E-state index contributed by atoms with van der Waals surface area (Å²) in [6.45, 7) is 4.35. The molecule has 2 aromatic rings. The first-order valence-electron chi connectivity index (χ1n) is 7.34. The molecule has 1 atom stereocenters. The van der Waals surface area contributed by atoms with Gasteiger partial charge < -0.3 is 10.2 Å². The molecule has 0 unspecified atom stereocenters. The molecule has 1 aliphatic heterocycles. The Morgan fingerprint density at radius 2 is 2.18 bits per heavy atom. The fourth-order valence-corrected chi connectivity index (χ4v) is 4.75. The van der Waals surface area contributed by atoms with Crippen LogP contribution in [-0.2, 0) is 11.2 Å². The van der Waals surface area contributed by atoms with Gasteiger partial charge in [-0.15, -0.1) is 22.7 Å². The molecule has 0 aliphatic carbocycles. The number of carbonyl (C=O) groups is 2. The van der Waals surface area contributed by atoms with Crippen molar-refractivity contribution in [1.82, 2.24) is 4.90 Å². The minimum atomic E-state index is -0.117. The molecule has 6 heteroatoms. The molecular formula is C16H18N2O2S2. The zero-order chi connectivity index (χ0) is 15.7. The second kappa shape index (κ2) is 6.22. The van der Waals surface area contributed by atoms with Crippen LogP contribution in [0.4, 0.5) is 5.00 Å². The molecule has 0 saturated carbocycles. The van der Waals surface area contributed by atoms with Crippen molar-refractivity contribution in [3.8, 4) is 0 Å². The van der Waals surface area contributed by atoms with Crippen LogP contribution in [0.3, 0.4) is 0 Å². The van der Waals surface area contributed by atoms with Crippen molar-refractivity contribution in [2.75, 3.05) is 11.9 Å². The fourth-order valence-electron chi connectivity index (χ4n) is 2.91. The quantitative estimate of drug-likeness (QED) is 0.925. The predicted molar refractivity (Wildman–Crippen MR) is 90.7 cm³/mol. The second-order valence-electron chi connectivity index (χ2n) is 5.32. The minimum Gasteiger partial charge on any atom is -0.331 e. The van der Waals surface area contributed by atoms with Crippen LogP contribution in [0.15, 0.2) is 23.6 Å². The number of fused-ring (bicyclic) bond motifs is 1. The SMILES string of the molecule is CC[C@H]1c2ccsc2CCN1C(=O)c1ccc(NC(C)=O)s1. The lowest BCUT2D eigenvalue weighted by Crippen LogP contribution is -2.38. The Morgan fingerprint density at radius 1 is 1.36 bits per heavy atom. The first kappa shape index (κ1) is 15.2. The predicted octanol–water partition coefficient (Wildman–Crippen LogP) is 3.92. The molecule has 0 aromatic carbocycles. The van der Waals surface area contributed by atoms with E-state index in [-0.39, 0.29) is 17.9 Å². The van der Waals surface area contributed by atoms with Crippen LogP contribution in [0.1, 0.15) is 46.4 Å². The summed E-state index contributed by atoms with van der Waals surface area (Å²) in [6, 6.07) is 5.90. The summed E-state index contributed by atoms with van der Waals surface area (Å²) in [4.78, 5) is 28.0. The highest BCUT2D eigenvalue weighted by molar-refractivity contribution is 7.18. The molecule has 0 spiro atoms. The maximum Gasteiger partial charge on any atom is 0.264 e. The summed E-state index contributed by atoms with van der Waals surface area (Å²) < 4.78 is 0. The number of nitrogens with zero attached hydrogens (tertiary/aromatic N) is 1. The molecule has 116 valence electrons. The van der Waals surface area contributed by atoms with Crippen molar-refractivity contribution in [2.45, 2.75) is 32.7 Å². The largest absolute Gasteiger partial charge is 0.331 e. The van der Waals surface area contributed by atoms with Crippen LogP contribution in [-0.4, -0.2) is 23.3 Å². The highest BCUT2D eigenvalue weighted by Crippen LogP contribution is 2.37. The van der Waals surface area contributed by atoms with Gasteiger partial charge in [-0.1, -0.05) is 6.92 Å². The van der Waals surface area contributed by atoms with E-state index in [0.29, 0.717) is 4.88 Å². The zero-order valence-corrected chi connectivity index (χ0v) is 14.2. The van der Waals surface area contributed by atoms with E-state index in [2.05, 4.69) is 23.7 Å². The molecule has 2 amide bonds. The van der Waals surface area contributed by atoms with Crippen molar-refractivity contribution >= 4 is 39.5 Å². The van der Waals surface area contributed by atoms with Crippen LogP contribution in [0.25, 0.3) is 0 Å². The maximum absolute atomic E-state index is 12.8. The van der Waals surface area contributed by atoms with Gasteiger partial charge in [0, 0.05) is 18.3 Å². The number of hydrogen-bond donors (Lipinski definition) is 1. The van der Waals surface area contributed by atoms with E-state index in [4.69, 9.17) is 0 Å². The van der Waals surface area contributed by atoms with E-state index in [0.717, 1.165) is 24.4 Å². The van der Waals surface area contributed by atoms with Gasteiger partial charge in [0.25, 0.3) is 5.91 Å². The number of rotatable bonds is 3. The third-order valence-corrected chi connectivity index (χ3v) is 5.84. The molecule has 0 radical (unpaired) electrons. The maximum atomic E-state index is 12.8. The number of thiophene rings is 2. The van der Waals surface area contributed by atoms with Crippen LogP contribution >= 0.6 is 22.7 Å². The van der Waals surface area contributed by atoms with Gasteiger partial charge >= 0.3 is 0 Å². The molecule has 2 aromatic heterocycles. The van der Waals surface area contributed by atoms with Gasteiger partial charge in [0.1, 0.15) is 0 Å². The zero-order valence-electron chi connectivity index (χ0n) is 12.6. The summed E-state index contributed by atoms with van der Waals surface area (Å²) in [5.74, 6) is -0.0570. The van der Waals surface area contributed by atoms with E-state index in [1.165, 1.54) is 28.7 Å². The monoisotopic (exact) mass is 334 g/mol. The molecule has 1 N–H and O–H groups in total. The molecule has 3 rings (SSSR count). The van der Waals surface area contributed by atoms with Gasteiger partial charge in [-0.05, 0) is 42.0 Å². The molecule has 1 aliphatic rings. The smallest absolute Gasteiger partial charge is 0.264 e. The van der Waals surface area contributed by atoms with Crippen molar-refractivity contribution in [3.05, 3.63) is 38.9 Å². The van der Waals surface area contributed by atoms with E-state index in [1.807, 2.05) is 4.90 Å². The lowest BCUT2D eigenvalue weighted by Gasteiger charge is -2.35. The minimum absolute atomic E-state index is 0.0605. The number of hydrogen-bond acceptors (Lipinski definition) is 4. The van der Waals surface area contributed by atoms with Gasteiger partial charge in [0.05, 0.1) is 15.9 Å². The first-order valence-corrected chi connectivity index (χ1v) is 9.04. The third-order valence-electron chi connectivity index (χ3n) is 3.86. The van der Waals surface area contributed by atoms with Crippen LogP contribution < -0.4 is 5.32 Å². The molecular weight excluding hydrogens is 316 g/mol. The van der Waals surface area contributed by atoms with Gasteiger partial charge in [-0.25, -0.2) is 0 Å². The normalized spacial score (nSPS) is 17.2. The number of anilines is 1. The molecule has 3 heterocycles. The van der Waals surface area contributed by atoms with E-state index >= 15 is 0 Å². The Balaban J connectivity index is 1.83. The Bertz CT molecular complexity index is 705.